The number of rotatable bonds is 3. The van der Waals surface area contributed by atoms with Gasteiger partial charge in [-0.15, -0.1) is 0 Å². The zero-order valence-electron chi connectivity index (χ0n) is 8.79. The van der Waals surface area contributed by atoms with Crippen LogP contribution in [0.1, 0.15) is 13.3 Å². The van der Waals surface area contributed by atoms with Gasteiger partial charge in [-0.2, -0.15) is 12.6 Å². The van der Waals surface area contributed by atoms with Crippen molar-refractivity contribution in [2.24, 2.45) is 0 Å². The Labute approximate surface area is 91.0 Å². The maximum Gasteiger partial charge on any atom is 0.232 e. The van der Waals surface area contributed by atoms with Crippen LogP contribution in [0.25, 0.3) is 0 Å². The Bertz CT molecular complexity index is 238. The van der Waals surface area contributed by atoms with Crippen molar-refractivity contribution in [3.8, 4) is 0 Å². The molecule has 0 bridgehead atoms. The molecule has 0 aromatic carbocycles. The van der Waals surface area contributed by atoms with E-state index in [9.17, 15) is 4.79 Å². The average Bonchev–Trinajstić information content (AvgIpc) is 2.16. The van der Waals surface area contributed by atoms with E-state index in [2.05, 4.69) is 36.0 Å². The fraction of sp³-hybridized carbons (Fsp3) is 0.700. The predicted octanol–water partition coefficient (Wildman–Crippen LogP) is 0.683. The molecule has 1 aliphatic rings. The van der Waals surface area contributed by atoms with Crippen molar-refractivity contribution in [1.29, 1.82) is 0 Å². The minimum absolute atomic E-state index is 0.00756. The normalized spacial score (nSPS) is 20.1. The molecule has 0 aromatic heterocycles. The lowest BCUT2D eigenvalue weighted by atomic mass is 10.1. The minimum Gasteiger partial charge on any atom is -0.351 e. The lowest BCUT2D eigenvalue weighted by Crippen LogP contribution is -2.33. The van der Waals surface area contributed by atoms with E-state index in [1.54, 1.807) is 6.92 Å². The standard InChI is InChI=1S/C10H18N2OS/c1-8(14)10(13)11-7-9-3-5-12(2)6-4-9/h3,8,14H,4-7H2,1-2H3,(H,11,13). The van der Waals surface area contributed by atoms with Crippen LogP contribution >= 0.6 is 12.6 Å². The number of thiol groups is 1. The third-order valence-electron chi connectivity index (χ3n) is 2.38. The van der Waals surface area contributed by atoms with Crippen molar-refractivity contribution in [3.63, 3.8) is 0 Å². The molecule has 1 N–H and O–H groups in total. The molecule has 0 saturated carbocycles. The maximum atomic E-state index is 11.2. The van der Waals surface area contributed by atoms with Crippen LogP contribution in [-0.2, 0) is 4.79 Å². The highest BCUT2D eigenvalue weighted by atomic mass is 32.1. The van der Waals surface area contributed by atoms with E-state index >= 15 is 0 Å². The van der Waals surface area contributed by atoms with E-state index in [0.29, 0.717) is 6.54 Å². The smallest absolute Gasteiger partial charge is 0.232 e. The Balaban J connectivity index is 2.28. The second-order valence-corrected chi connectivity index (χ2v) is 4.54. The van der Waals surface area contributed by atoms with Gasteiger partial charge in [0.15, 0.2) is 0 Å². The number of likely N-dealkylation sites (N-methyl/N-ethyl adjacent to an activating group) is 1. The molecule has 1 rings (SSSR count). The van der Waals surface area contributed by atoms with E-state index in [0.717, 1.165) is 19.5 Å². The molecule has 1 heterocycles. The van der Waals surface area contributed by atoms with E-state index in [-0.39, 0.29) is 11.2 Å². The molecule has 3 nitrogen and oxygen atoms in total. The molecule has 0 saturated heterocycles. The van der Waals surface area contributed by atoms with Crippen LogP contribution < -0.4 is 5.32 Å². The van der Waals surface area contributed by atoms with Crippen molar-refractivity contribution in [2.45, 2.75) is 18.6 Å². The van der Waals surface area contributed by atoms with Crippen LogP contribution in [-0.4, -0.2) is 42.7 Å². The summed E-state index contributed by atoms with van der Waals surface area (Å²) in [6, 6.07) is 0. The van der Waals surface area contributed by atoms with Crippen molar-refractivity contribution < 1.29 is 4.79 Å². The Morgan fingerprint density at radius 1 is 1.79 bits per heavy atom. The average molecular weight is 214 g/mol. The summed E-state index contributed by atoms with van der Waals surface area (Å²) < 4.78 is 0. The van der Waals surface area contributed by atoms with Gasteiger partial charge < -0.3 is 10.2 Å². The number of carbonyl (C=O) groups is 1. The number of nitrogens with one attached hydrogen (secondary N) is 1. The van der Waals surface area contributed by atoms with Crippen LogP contribution in [0.3, 0.4) is 0 Å². The Kier molecular flexibility index (Phi) is 4.48. The minimum atomic E-state index is -0.220. The summed E-state index contributed by atoms with van der Waals surface area (Å²) in [5.41, 5.74) is 1.32. The summed E-state index contributed by atoms with van der Waals surface area (Å²) in [7, 11) is 2.10. The van der Waals surface area contributed by atoms with E-state index in [1.165, 1.54) is 5.57 Å². The van der Waals surface area contributed by atoms with Crippen LogP contribution in [0, 0.1) is 0 Å². The van der Waals surface area contributed by atoms with Gasteiger partial charge in [0.1, 0.15) is 0 Å². The molecule has 1 amide bonds. The lowest BCUT2D eigenvalue weighted by molar-refractivity contribution is -0.120. The van der Waals surface area contributed by atoms with Crippen molar-refractivity contribution in [2.75, 3.05) is 26.7 Å². The van der Waals surface area contributed by atoms with Crippen molar-refractivity contribution in [3.05, 3.63) is 11.6 Å². The summed E-state index contributed by atoms with van der Waals surface area (Å²) in [5, 5.41) is 2.64. The zero-order chi connectivity index (χ0) is 10.6. The van der Waals surface area contributed by atoms with Crippen molar-refractivity contribution in [1.82, 2.24) is 10.2 Å². The lowest BCUT2D eigenvalue weighted by Gasteiger charge is -2.22. The SMILES string of the molecule is CC(S)C(=O)NCC1=CCN(C)CC1. The first-order valence-corrected chi connectivity index (χ1v) is 5.43. The summed E-state index contributed by atoms with van der Waals surface area (Å²) in [4.78, 5) is 13.5. The number of hydrogen-bond donors (Lipinski definition) is 2. The molecule has 0 aliphatic carbocycles. The summed E-state index contributed by atoms with van der Waals surface area (Å²) in [6.45, 7) is 4.53. The molecule has 80 valence electrons. The predicted molar refractivity (Wildman–Crippen MR) is 61.7 cm³/mol. The molecule has 0 fully saturated rings. The molecule has 1 atom stereocenters. The quantitative estimate of drug-likeness (QED) is 0.535. The van der Waals surface area contributed by atoms with Gasteiger partial charge in [-0.1, -0.05) is 11.6 Å². The fourth-order valence-electron chi connectivity index (χ4n) is 1.32. The number of nitrogens with zero attached hydrogens (tertiary/aromatic N) is 1. The molecule has 1 aliphatic heterocycles. The van der Waals surface area contributed by atoms with Gasteiger partial charge in [-0.3, -0.25) is 4.79 Å². The first-order chi connectivity index (χ1) is 6.59. The highest BCUT2D eigenvalue weighted by molar-refractivity contribution is 7.81. The molecule has 0 aromatic rings. The third-order valence-corrected chi connectivity index (χ3v) is 2.61. The fourth-order valence-corrected chi connectivity index (χ4v) is 1.41. The third kappa shape index (κ3) is 3.72. The molecular weight excluding hydrogens is 196 g/mol. The molecule has 0 radical (unpaired) electrons. The van der Waals surface area contributed by atoms with Gasteiger partial charge in [-0.25, -0.2) is 0 Å². The Morgan fingerprint density at radius 3 is 3.00 bits per heavy atom. The largest absolute Gasteiger partial charge is 0.351 e. The van der Waals surface area contributed by atoms with Gasteiger partial charge in [0.25, 0.3) is 0 Å². The highest BCUT2D eigenvalue weighted by Gasteiger charge is 2.10. The van der Waals surface area contributed by atoms with Gasteiger partial charge >= 0.3 is 0 Å². The molecule has 4 heteroatoms. The van der Waals surface area contributed by atoms with Gasteiger partial charge in [0.05, 0.1) is 5.25 Å². The van der Waals surface area contributed by atoms with Gasteiger partial charge in [0.2, 0.25) is 5.91 Å². The molecular formula is C10H18N2OS. The second kappa shape index (κ2) is 5.41. The van der Waals surface area contributed by atoms with Crippen molar-refractivity contribution >= 4 is 18.5 Å². The second-order valence-electron chi connectivity index (χ2n) is 3.77. The van der Waals surface area contributed by atoms with Gasteiger partial charge in [-0.05, 0) is 20.4 Å². The number of hydrogen-bond acceptors (Lipinski definition) is 3. The summed E-state index contributed by atoms with van der Waals surface area (Å²) in [6.07, 6.45) is 3.24. The number of amides is 1. The number of carbonyl (C=O) groups excluding carboxylic acids is 1. The van der Waals surface area contributed by atoms with E-state index in [1.807, 2.05) is 0 Å². The monoisotopic (exact) mass is 214 g/mol. The first kappa shape index (κ1) is 11.6. The van der Waals surface area contributed by atoms with E-state index in [4.69, 9.17) is 0 Å². The van der Waals surface area contributed by atoms with Crippen LogP contribution in [0.15, 0.2) is 11.6 Å². The molecule has 14 heavy (non-hydrogen) atoms. The van der Waals surface area contributed by atoms with Crippen LogP contribution in [0.4, 0.5) is 0 Å². The van der Waals surface area contributed by atoms with Gasteiger partial charge in [0, 0.05) is 19.6 Å². The van der Waals surface area contributed by atoms with E-state index < -0.39 is 0 Å². The summed E-state index contributed by atoms with van der Waals surface area (Å²) >= 11 is 4.07. The zero-order valence-corrected chi connectivity index (χ0v) is 9.68. The highest BCUT2D eigenvalue weighted by Crippen LogP contribution is 2.07. The topological polar surface area (TPSA) is 32.3 Å². The summed E-state index contributed by atoms with van der Waals surface area (Å²) in [5.74, 6) is 0.00756. The Hall–Kier alpha value is -0.480. The Morgan fingerprint density at radius 2 is 2.50 bits per heavy atom. The van der Waals surface area contributed by atoms with Crippen LogP contribution in [0.5, 0.6) is 0 Å². The molecule has 0 spiro atoms. The van der Waals surface area contributed by atoms with Crippen LogP contribution in [0.2, 0.25) is 0 Å². The maximum absolute atomic E-state index is 11.2. The first-order valence-electron chi connectivity index (χ1n) is 4.92. The molecule has 1 unspecified atom stereocenters.